The van der Waals surface area contributed by atoms with Gasteiger partial charge in [0.05, 0.1) is 6.20 Å². The average Bonchev–Trinajstić information content (AvgIpc) is 3.27. The topological polar surface area (TPSA) is 88.6 Å². The summed E-state index contributed by atoms with van der Waals surface area (Å²) in [5.41, 5.74) is 1.99. The number of hydrogen-bond donors (Lipinski definition) is 1. The zero-order chi connectivity index (χ0) is 19.8. The highest BCUT2D eigenvalue weighted by atomic mass is 16.3. The summed E-state index contributed by atoms with van der Waals surface area (Å²) in [4.78, 5) is 24.2. The van der Waals surface area contributed by atoms with E-state index in [0.29, 0.717) is 24.2 Å². The molecule has 4 heterocycles. The van der Waals surface area contributed by atoms with Crippen molar-refractivity contribution in [3.63, 3.8) is 0 Å². The van der Waals surface area contributed by atoms with E-state index in [9.17, 15) is 4.79 Å². The average molecular weight is 394 g/mol. The number of likely N-dealkylation sites (tertiary alicyclic amines) is 1. The van der Waals surface area contributed by atoms with Gasteiger partial charge in [-0.1, -0.05) is 0 Å². The third-order valence-electron chi connectivity index (χ3n) is 6.01. The van der Waals surface area contributed by atoms with Crippen molar-refractivity contribution in [2.75, 3.05) is 19.7 Å². The Morgan fingerprint density at radius 2 is 2.10 bits per heavy atom. The molecule has 8 heteroatoms. The summed E-state index contributed by atoms with van der Waals surface area (Å²) in [5.74, 6) is 2.16. The number of piperidine rings is 1. The molecular formula is C21H26N6O2. The van der Waals surface area contributed by atoms with E-state index >= 15 is 0 Å². The van der Waals surface area contributed by atoms with Crippen molar-refractivity contribution in [3.8, 4) is 0 Å². The van der Waals surface area contributed by atoms with E-state index in [-0.39, 0.29) is 18.4 Å². The molecule has 1 amide bonds. The molecule has 152 valence electrons. The zero-order valence-corrected chi connectivity index (χ0v) is 16.4. The molecule has 1 aliphatic carbocycles. The summed E-state index contributed by atoms with van der Waals surface area (Å²) in [7, 11) is 0. The third-order valence-corrected chi connectivity index (χ3v) is 6.01. The van der Waals surface area contributed by atoms with E-state index < -0.39 is 0 Å². The van der Waals surface area contributed by atoms with Crippen molar-refractivity contribution in [2.24, 2.45) is 5.92 Å². The summed E-state index contributed by atoms with van der Waals surface area (Å²) < 4.78 is 3.91. The van der Waals surface area contributed by atoms with E-state index in [4.69, 9.17) is 5.11 Å². The standard InChI is InChI=1S/C21H26N6O2/c28-9-5-16-10-23-20-18(11-24-27(20)13-16)21(29)26-7-1-2-17(14-26)19-22-6-8-25(19)12-15-3-4-15/h6,8,10-11,13,15,17,28H,1-5,7,9,12,14H2/t17-/m1/s1. The van der Waals surface area contributed by atoms with Gasteiger partial charge in [0.1, 0.15) is 11.4 Å². The van der Waals surface area contributed by atoms with Crippen LogP contribution in [-0.4, -0.2) is 59.8 Å². The van der Waals surface area contributed by atoms with Crippen LogP contribution in [-0.2, 0) is 13.0 Å². The SMILES string of the molecule is O=C(c1cnn2cc(CCO)cnc12)N1CCC[C@@H](c2nccn2CC2CC2)C1. The van der Waals surface area contributed by atoms with Gasteiger partial charge < -0.3 is 14.6 Å². The number of fused-ring (bicyclic) bond motifs is 1. The van der Waals surface area contributed by atoms with Crippen molar-refractivity contribution in [1.82, 2.24) is 29.0 Å². The Hall–Kier alpha value is -2.74. The summed E-state index contributed by atoms with van der Waals surface area (Å²) >= 11 is 0. The lowest BCUT2D eigenvalue weighted by Gasteiger charge is -2.32. The smallest absolute Gasteiger partial charge is 0.259 e. The Kier molecular flexibility index (Phi) is 4.79. The lowest BCUT2D eigenvalue weighted by atomic mass is 9.96. The van der Waals surface area contributed by atoms with Crippen LogP contribution in [0.3, 0.4) is 0 Å². The van der Waals surface area contributed by atoms with E-state index in [1.807, 2.05) is 17.3 Å². The Morgan fingerprint density at radius 3 is 2.93 bits per heavy atom. The Balaban J connectivity index is 1.35. The first kappa shape index (κ1) is 18.3. The number of rotatable bonds is 6. The van der Waals surface area contributed by atoms with Crippen LogP contribution in [0.5, 0.6) is 0 Å². The highest BCUT2D eigenvalue weighted by molar-refractivity contribution is 5.99. The number of aliphatic hydroxyl groups is 1. The minimum atomic E-state index is -0.0209. The molecule has 8 nitrogen and oxygen atoms in total. The van der Waals surface area contributed by atoms with Gasteiger partial charge in [-0.3, -0.25) is 4.79 Å². The maximum absolute atomic E-state index is 13.2. The fourth-order valence-corrected chi connectivity index (χ4v) is 4.28. The van der Waals surface area contributed by atoms with Gasteiger partial charge in [0, 0.05) is 56.9 Å². The van der Waals surface area contributed by atoms with Crippen LogP contribution >= 0.6 is 0 Å². The number of aromatic nitrogens is 5. The van der Waals surface area contributed by atoms with E-state index in [1.54, 1.807) is 16.9 Å². The van der Waals surface area contributed by atoms with Crippen LogP contribution < -0.4 is 0 Å². The molecule has 1 saturated carbocycles. The minimum absolute atomic E-state index is 0.0209. The number of carbonyl (C=O) groups is 1. The van der Waals surface area contributed by atoms with Crippen LogP contribution in [0.25, 0.3) is 5.65 Å². The number of amides is 1. The normalized spacial score (nSPS) is 19.8. The maximum atomic E-state index is 13.2. The highest BCUT2D eigenvalue weighted by Gasteiger charge is 2.31. The first-order valence-corrected chi connectivity index (χ1v) is 10.5. The fraction of sp³-hybridized carbons (Fsp3) is 0.524. The molecule has 0 aromatic carbocycles. The maximum Gasteiger partial charge on any atom is 0.259 e. The van der Waals surface area contributed by atoms with E-state index in [2.05, 4.69) is 25.8 Å². The number of hydrogen-bond acceptors (Lipinski definition) is 5. The molecule has 0 unspecified atom stereocenters. The van der Waals surface area contributed by atoms with Crippen molar-refractivity contribution in [2.45, 2.75) is 44.6 Å². The van der Waals surface area contributed by atoms with Crippen LogP contribution in [0.15, 0.2) is 31.0 Å². The molecule has 1 saturated heterocycles. The van der Waals surface area contributed by atoms with Gasteiger partial charge in [-0.15, -0.1) is 0 Å². The summed E-state index contributed by atoms with van der Waals surface area (Å²) in [6, 6.07) is 0. The van der Waals surface area contributed by atoms with Gasteiger partial charge in [0.15, 0.2) is 5.65 Å². The van der Waals surface area contributed by atoms with Crippen LogP contribution in [0.2, 0.25) is 0 Å². The van der Waals surface area contributed by atoms with Gasteiger partial charge in [0.25, 0.3) is 5.91 Å². The van der Waals surface area contributed by atoms with Gasteiger partial charge >= 0.3 is 0 Å². The summed E-state index contributed by atoms with van der Waals surface area (Å²) in [6.07, 6.45) is 14.3. The van der Waals surface area contributed by atoms with Gasteiger partial charge in [0.2, 0.25) is 0 Å². The molecule has 3 aromatic heterocycles. The Labute approximate surface area is 169 Å². The first-order chi connectivity index (χ1) is 14.2. The molecule has 2 fully saturated rings. The molecule has 5 rings (SSSR count). The molecule has 1 atom stereocenters. The lowest BCUT2D eigenvalue weighted by molar-refractivity contribution is 0.0705. The molecule has 0 bridgehead atoms. The second-order valence-electron chi connectivity index (χ2n) is 8.23. The Bertz CT molecular complexity index is 1020. The van der Waals surface area contributed by atoms with E-state index in [0.717, 1.165) is 43.2 Å². The summed E-state index contributed by atoms with van der Waals surface area (Å²) in [6.45, 7) is 2.54. The largest absolute Gasteiger partial charge is 0.396 e. The molecule has 1 aliphatic heterocycles. The highest BCUT2D eigenvalue weighted by Crippen LogP contribution is 2.33. The summed E-state index contributed by atoms with van der Waals surface area (Å²) in [5, 5.41) is 13.4. The van der Waals surface area contributed by atoms with E-state index in [1.165, 1.54) is 12.8 Å². The number of nitrogens with zero attached hydrogens (tertiary/aromatic N) is 6. The molecule has 2 aliphatic rings. The van der Waals surface area contributed by atoms with Gasteiger partial charge in [-0.2, -0.15) is 5.10 Å². The lowest BCUT2D eigenvalue weighted by Crippen LogP contribution is -2.39. The molecule has 3 aromatic rings. The minimum Gasteiger partial charge on any atom is -0.396 e. The predicted molar refractivity (Wildman–Crippen MR) is 107 cm³/mol. The van der Waals surface area contributed by atoms with Crippen molar-refractivity contribution >= 4 is 11.6 Å². The second-order valence-corrected chi connectivity index (χ2v) is 8.23. The van der Waals surface area contributed by atoms with Crippen molar-refractivity contribution in [1.29, 1.82) is 0 Å². The van der Waals surface area contributed by atoms with Crippen LogP contribution in [0.4, 0.5) is 0 Å². The third kappa shape index (κ3) is 3.64. The van der Waals surface area contributed by atoms with Crippen molar-refractivity contribution in [3.05, 3.63) is 47.9 Å². The van der Waals surface area contributed by atoms with Gasteiger partial charge in [-0.05, 0) is 43.6 Å². The molecule has 29 heavy (non-hydrogen) atoms. The molecular weight excluding hydrogens is 368 g/mol. The van der Waals surface area contributed by atoms with Crippen molar-refractivity contribution < 1.29 is 9.90 Å². The number of aliphatic hydroxyl groups excluding tert-OH is 1. The molecule has 0 spiro atoms. The first-order valence-electron chi connectivity index (χ1n) is 10.5. The van der Waals surface area contributed by atoms with Gasteiger partial charge in [-0.25, -0.2) is 14.5 Å². The van der Waals surface area contributed by atoms with Crippen LogP contribution in [0, 0.1) is 5.92 Å². The fourth-order valence-electron chi connectivity index (χ4n) is 4.28. The predicted octanol–water partition coefficient (Wildman–Crippen LogP) is 1.89. The number of carbonyl (C=O) groups excluding carboxylic acids is 1. The second kappa shape index (κ2) is 7.59. The zero-order valence-electron chi connectivity index (χ0n) is 16.4. The monoisotopic (exact) mass is 394 g/mol. The molecule has 1 N–H and O–H groups in total. The number of imidazole rings is 1. The van der Waals surface area contributed by atoms with Crippen LogP contribution in [0.1, 0.15) is 53.3 Å². The molecule has 0 radical (unpaired) electrons. The Morgan fingerprint density at radius 1 is 1.21 bits per heavy atom. The quantitative estimate of drug-likeness (QED) is 0.690.